The molecule has 0 spiro atoms. The van der Waals surface area contributed by atoms with Gasteiger partial charge in [-0.1, -0.05) is 50.4 Å². The molecule has 5 heteroatoms. The van der Waals surface area contributed by atoms with Crippen molar-refractivity contribution >= 4 is 23.5 Å². The molecule has 1 amide bonds. The predicted molar refractivity (Wildman–Crippen MR) is 90.2 cm³/mol. The zero-order chi connectivity index (χ0) is 16.8. The molecule has 3 atom stereocenters. The first-order valence-corrected chi connectivity index (χ1v) is 8.53. The van der Waals surface area contributed by atoms with E-state index in [1.807, 2.05) is 0 Å². The molecular formula is C18H24ClNO3. The number of carbonyl (C=O) groups is 2. The van der Waals surface area contributed by atoms with E-state index in [2.05, 4.69) is 19.2 Å². The molecule has 1 fully saturated rings. The highest BCUT2D eigenvalue weighted by atomic mass is 35.5. The van der Waals surface area contributed by atoms with Crippen LogP contribution in [0.15, 0.2) is 24.3 Å². The largest absolute Gasteiger partial charge is 0.455 e. The van der Waals surface area contributed by atoms with Crippen LogP contribution >= 0.6 is 11.6 Å². The molecule has 4 nitrogen and oxygen atoms in total. The maximum Gasteiger partial charge on any atom is 0.310 e. The van der Waals surface area contributed by atoms with Crippen LogP contribution in [0, 0.1) is 11.8 Å². The number of ether oxygens (including phenoxy) is 1. The van der Waals surface area contributed by atoms with E-state index in [0.29, 0.717) is 16.9 Å². The van der Waals surface area contributed by atoms with Crippen LogP contribution in [0.5, 0.6) is 0 Å². The summed E-state index contributed by atoms with van der Waals surface area (Å²) < 4.78 is 5.06. The van der Waals surface area contributed by atoms with Gasteiger partial charge in [-0.05, 0) is 36.0 Å². The lowest BCUT2D eigenvalue weighted by Crippen LogP contribution is -2.45. The van der Waals surface area contributed by atoms with E-state index in [4.69, 9.17) is 16.3 Å². The molecule has 0 heterocycles. The second kappa shape index (κ2) is 8.34. The van der Waals surface area contributed by atoms with Crippen LogP contribution in [-0.4, -0.2) is 24.5 Å². The molecule has 0 aromatic heterocycles. The number of benzene rings is 1. The minimum atomic E-state index is -0.410. The second-order valence-corrected chi connectivity index (χ2v) is 6.84. The highest BCUT2D eigenvalue weighted by molar-refractivity contribution is 6.30. The van der Waals surface area contributed by atoms with Gasteiger partial charge in [-0.15, -0.1) is 0 Å². The fourth-order valence-electron chi connectivity index (χ4n) is 3.00. The maximum absolute atomic E-state index is 12.0. The van der Waals surface area contributed by atoms with Crippen LogP contribution in [0.3, 0.4) is 0 Å². The van der Waals surface area contributed by atoms with Gasteiger partial charge in [0.25, 0.3) is 5.91 Å². The lowest BCUT2D eigenvalue weighted by atomic mass is 9.78. The Kier molecular flexibility index (Phi) is 6.46. The van der Waals surface area contributed by atoms with E-state index in [1.54, 1.807) is 24.3 Å². The Morgan fingerprint density at radius 1 is 1.22 bits per heavy atom. The molecule has 1 aromatic carbocycles. The third-order valence-corrected chi connectivity index (χ3v) is 4.93. The fraction of sp³-hybridized carbons (Fsp3) is 0.556. The molecule has 1 aliphatic rings. The number of rotatable bonds is 5. The first kappa shape index (κ1) is 17.8. The Bertz CT molecular complexity index is 544. The molecule has 23 heavy (non-hydrogen) atoms. The first-order chi connectivity index (χ1) is 11.0. The van der Waals surface area contributed by atoms with Crippen molar-refractivity contribution in [3.05, 3.63) is 34.9 Å². The summed E-state index contributed by atoms with van der Waals surface area (Å²) >= 11 is 5.80. The highest BCUT2D eigenvalue weighted by Crippen LogP contribution is 2.29. The first-order valence-electron chi connectivity index (χ1n) is 8.15. The Morgan fingerprint density at radius 3 is 2.61 bits per heavy atom. The maximum atomic E-state index is 12.0. The summed E-state index contributed by atoms with van der Waals surface area (Å²) in [6.07, 6.45) is 3.48. The van der Waals surface area contributed by atoms with Gasteiger partial charge >= 0.3 is 5.97 Å². The van der Waals surface area contributed by atoms with Crippen molar-refractivity contribution in [2.75, 3.05) is 6.61 Å². The van der Waals surface area contributed by atoms with Crippen molar-refractivity contribution < 1.29 is 14.3 Å². The quantitative estimate of drug-likeness (QED) is 0.838. The molecule has 0 unspecified atom stereocenters. The summed E-state index contributed by atoms with van der Waals surface area (Å²) in [5.74, 6) is 0.437. The fourth-order valence-corrected chi connectivity index (χ4v) is 3.13. The Balaban J connectivity index is 1.73. The standard InChI is InChI=1S/C18H24ClNO3/c1-12-4-3-5-16(13(12)2)20-17(21)11-23-18(22)10-14-6-8-15(19)9-7-14/h6-9,12-13,16H,3-5,10-11H2,1-2H3,(H,20,21)/t12-,13+,16-/m1/s1. The SMILES string of the molecule is C[C@H]1[C@H](C)CCC[C@H]1NC(=O)COC(=O)Cc1ccc(Cl)cc1. The van der Waals surface area contributed by atoms with Gasteiger partial charge in [0.2, 0.25) is 0 Å². The van der Waals surface area contributed by atoms with E-state index >= 15 is 0 Å². The van der Waals surface area contributed by atoms with Gasteiger partial charge in [0.1, 0.15) is 0 Å². The monoisotopic (exact) mass is 337 g/mol. The van der Waals surface area contributed by atoms with Crippen LogP contribution in [0.25, 0.3) is 0 Å². The van der Waals surface area contributed by atoms with Crippen molar-refractivity contribution in [1.82, 2.24) is 5.32 Å². The Morgan fingerprint density at radius 2 is 1.91 bits per heavy atom. The van der Waals surface area contributed by atoms with Crippen LogP contribution in [-0.2, 0) is 20.7 Å². The summed E-state index contributed by atoms with van der Waals surface area (Å²) in [5.41, 5.74) is 0.814. The number of hydrogen-bond donors (Lipinski definition) is 1. The average Bonchev–Trinajstić information content (AvgIpc) is 2.52. The summed E-state index contributed by atoms with van der Waals surface area (Å²) in [6.45, 7) is 4.17. The second-order valence-electron chi connectivity index (χ2n) is 6.41. The van der Waals surface area contributed by atoms with E-state index in [0.717, 1.165) is 18.4 Å². The Labute approximate surface area is 142 Å². The van der Waals surface area contributed by atoms with Gasteiger partial charge < -0.3 is 10.1 Å². The van der Waals surface area contributed by atoms with Gasteiger partial charge in [0.05, 0.1) is 6.42 Å². The van der Waals surface area contributed by atoms with Gasteiger partial charge in [0, 0.05) is 11.1 Å². The van der Waals surface area contributed by atoms with Crippen molar-refractivity contribution in [2.45, 2.75) is 45.6 Å². The molecule has 0 radical (unpaired) electrons. The third-order valence-electron chi connectivity index (χ3n) is 4.68. The van der Waals surface area contributed by atoms with Crippen LogP contribution in [0.1, 0.15) is 38.7 Å². The molecule has 1 saturated carbocycles. The van der Waals surface area contributed by atoms with E-state index in [1.165, 1.54) is 6.42 Å². The van der Waals surface area contributed by atoms with Gasteiger partial charge in [-0.3, -0.25) is 9.59 Å². The lowest BCUT2D eigenvalue weighted by Gasteiger charge is -2.34. The summed E-state index contributed by atoms with van der Waals surface area (Å²) in [6, 6.07) is 7.18. The number of carbonyl (C=O) groups excluding carboxylic acids is 2. The minimum absolute atomic E-state index is 0.140. The number of amides is 1. The molecule has 0 saturated heterocycles. The van der Waals surface area contributed by atoms with E-state index in [9.17, 15) is 9.59 Å². The summed E-state index contributed by atoms with van der Waals surface area (Å²) in [4.78, 5) is 23.7. The number of nitrogens with one attached hydrogen (secondary N) is 1. The molecular weight excluding hydrogens is 314 g/mol. The summed E-state index contributed by atoms with van der Waals surface area (Å²) in [7, 11) is 0. The molecule has 0 aliphatic heterocycles. The molecule has 1 aromatic rings. The molecule has 1 aliphatic carbocycles. The lowest BCUT2D eigenvalue weighted by molar-refractivity contribution is -0.148. The molecule has 126 valence electrons. The van der Waals surface area contributed by atoms with Gasteiger partial charge in [-0.2, -0.15) is 0 Å². The highest BCUT2D eigenvalue weighted by Gasteiger charge is 2.28. The van der Waals surface area contributed by atoms with Crippen LogP contribution < -0.4 is 5.32 Å². The minimum Gasteiger partial charge on any atom is -0.455 e. The molecule has 1 N–H and O–H groups in total. The normalized spacial score (nSPS) is 24.0. The topological polar surface area (TPSA) is 55.4 Å². The van der Waals surface area contributed by atoms with Gasteiger partial charge in [-0.25, -0.2) is 0 Å². The number of halogens is 1. The average molecular weight is 338 g/mol. The molecule has 0 bridgehead atoms. The van der Waals surface area contributed by atoms with Crippen LogP contribution in [0.4, 0.5) is 0 Å². The predicted octanol–water partition coefficient (Wildman–Crippen LogP) is 3.37. The van der Waals surface area contributed by atoms with E-state index in [-0.39, 0.29) is 25.0 Å². The zero-order valence-corrected chi connectivity index (χ0v) is 14.4. The van der Waals surface area contributed by atoms with Crippen molar-refractivity contribution in [2.24, 2.45) is 11.8 Å². The zero-order valence-electron chi connectivity index (χ0n) is 13.7. The third kappa shape index (κ3) is 5.54. The number of esters is 1. The smallest absolute Gasteiger partial charge is 0.310 e. The van der Waals surface area contributed by atoms with Gasteiger partial charge in [0.15, 0.2) is 6.61 Å². The van der Waals surface area contributed by atoms with Crippen molar-refractivity contribution in [3.63, 3.8) is 0 Å². The van der Waals surface area contributed by atoms with Crippen molar-refractivity contribution in [1.29, 1.82) is 0 Å². The molecule has 2 rings (SSSR count). The van der Waals surface area contributed by atoms with Crippen LogP contribution in [0.2, 0.25) is 5.02 Å². The van der Waals surface area contributed by atoms with E-state index < -0.39 is 5.97 Å². The number of hydrogen-bond acceptors (Lipinski definition) is 3. The summed E-state index contributed by atoms with van der Waals surface area (Å²) in [5, 5.41) is 3.61. The van der Waals surface area contributed by atoms with Crippen molar-refractivity contribution in [3.8, 4) is 0 Å². The Hall–Kier alpha value is -1.55.